The highest BCUT2D eigenvalue weighted by Crippen LogP contribution is 2.37. The first kappa shape index (κ1) is 21.6. The fourth-order valence-electron chi connectivity index (χ4n) is 3.43. The number of sulfonamides is 1. The number of carbonyl (C=O) groups excluding carboxylic acids is 2. The number of ether oxygens (including phenoxy) is 1. The van der Waals surface area contributed by atoms with E-state index >= 15 is 0 Å². The Bertz CT molecular complexity index is 1130. The molecule has 0 aromatic heterocycles. The van der Waals surface area contributed by atoms with Gasteiger partial charge in [0.2, 0.25) is 5.91 Å². The highest BCUT2D eigenvalue weighted by atomic mass is 32.2. The molecule has 0 spiro atoms. The number of aryl methyl sites for hydroxylation is 2. The van der Waals surface area contributed by atoms with Crippen LogP contribution in [0, 0.1) is 13.8 Å². The second-order valence-electron chi connectivity index (χ2n) is 7.07. The van der Waals surface area contributed by atoms with Crippen LogP contribution in [0.2, 0.25) is 0 Å². The molecule has 1 N–H and O–H groups in total. The monoisotopic (exact) mass is 428 g/mol. The minimum Gasteiger partial charge on any atom is -0.497 e. The van der Waals surface area contributed by atoms with Crippen LogP contribution < -0.4 is 10.1 Å². The summed E-state index contributed by atoms with van der Waals surface area (Å²) in [5.74, 6) is -0.673. The molecule has 1 aliphatic rings. The van der Waals surface area contributed by atoms with Crippen LogP contribution in [-0.4, -0.2) is 38.2 Å². The number of anilines is 1. The molecule has 0 unspecified atom stereocenters. The Morgan fingerprint density at radius 2 is 1.77 bits per heavy atom. The van der Waals surface area contributed by atoms with Gasteiger partial charge in [-0.15, -0.1) is 0 Å². The van der Waals surface area contributed by atoms with Crippen LogP contribution in [0.4, 0.5) is 5.69 Å². The van der Waals surface area contributed by atoms with Crippen molar-refractivity contribution in [1.82, 2.24) is 4.31 Å². The van der Waals surface area contributed by atoms with Gasteiger partial charge in [0, 0.05) is 11.3 Å². The normalized spacial score (nSPS) is 15.5. The average molecular weight is 429 g/mol. The first-order valence-corrected chi connectivity index (χ1v) is 10.9. The van der Waals surface area contributed by atoms with Crippen LogP contribution in [-0.2, 0) is 19.6 Å². The second-order valence-corrected chi connectivity index (χ2v) is 8.87. The van der Waals surface area contributed by atoms with Crippen LogP contribution in [0.1, 0.15) is 30.0 Å². The highest BCUT2D eigenvalue weighted by Gasteiger charge is 2.44. The molecular formula is C22H24N2O5S. The second kappa shape index (κ2) is 8.31. The number of hydrogen-bond acceptors (Lipinski definition) is 5. The van der Waals surface area contributed by atoms with E-state index in [4.69, 9.17) is 4.74 Å². The molecule has 0 atom stereocenters. The van der Waals surface area contributed by atoms with Gasteiger partial charge in [-0.25, -0.2) is 12.7 Å². The first-order valence-electron chi connectivity index (χ1n) is 9.50. The third kappa shape index (κ3) is 3.95. The number of methoxy groups -OCH3 is 1. The molecule has 0 radical (unpaired) electrons. The molecule has 2 aromatic carbocycles. The molecule has 2 amide bonds. The Hall–Kier alpha value is -3.13. The van der Waals surface area contributed by atoms with E-state index < -0.39 is 28.4 Å². The predicted octanol–water partition coefficient (Wildman–Crippen LogP) is 3.24. The standard InChI is InChI=1S/C22H24N2O5S/c1-5-18-21(16-7-9-17(29-4)10-8-16)30(27,28)24(22(18)26)13-20(25)23-19-11-6-14(2)12-15(19)3/h6-12H,5,13H2,1-4H3,(H,23,25). The van der Waals surface area contributed by atoms with Crippen molar-refractivity contribution in [2.75, 3.05) is 19.0 Å². The van der Waals surface area contributed by atoms with Gasteiger partial charge in [0.15, 0.2) is 0 Å². The smallest absolute Gasteiger partial charge is 0.268 e. The molecule has 0 fully saturated rings. The molecule has 0 aliphatic carbocycles. The molecule has 8 heteroatoms. The summed E-state index contributed by atoms with van der Waals surface area (Å²) < 4.78 is 32.1. The van der Waals surface area contributed by atoms with E-state index in [1.54, 1.807) is 37.3 Å². The summed E-state index contributed by atoms with van der Waals surface area (Å²) in [7, 11) is -2.64. The minimum absolute atomic E-state index is 0.0584. The zero-order valence-corrected chi connectivity index (χ0v) is 18.2. The zero-order valence-electron chi connectivity index (χ0n) is 17.4. The van der Waals surface area contributed by atoms with Crippen LogP contribution in [0.3, 0.4) is 0 Å². The lowest BCUT2D eigenvalue weighted by atomic mass is 10.1. The molecule has 1 heterocycles. The quantitative estimate of drug-likeness (QED) is 0.762. The third-order valence-electron chi connectivity index (χ3n) is 4.96. The molecule has 1 aliphatic heterocycles. The zero-order chi connectivity index (χ0) is 22.1. The molecule has 7 nitrogen and oxygen atoms in total. The van der Waals surface area contributed by atoms with Crippen molar-refractivity contribution in [2.45, 2.75) is 27.2 Å². The molecule has 0 saturated carbocycles. The summed E-state index contributed by atoms with van der Waals surface area (Å²) in [6.45, 7) is 4.91. The Morgan fingerprint density at radius 1 is 1.10 bits per heavy atom. The van der Waals surface area contributed by atoms with Crippen molar-refractivity contribution >= 4 is 32.4 Å². The number of rotatable bonds is 6. The van der Waals surface area contributed by atoms with Crippen molar-refractivity contribution in [1.29, 1.82) is 0 Å². The van der Waals surface area contributed by atoms with Gasteiger partial charge in [0.1, 0.15) is 17.2 Å². The summed E-state index contributed by atoms with van der Waals surface area (Å²) in [6, 6.07) is 11.9. The lowest BCUT2D eigenvalue weighted by Crippen LogP contribution is -2.38. The summed E-state index contributed by atoms with van der Waals surface area (Å²) in [5, 5.41) is 2.69. The van der Waals surface area contributed by atoms with Crippen LogP contribution >= 0.6 is 0 Å². The Labute approximate surface area is 176 Å². The van der Waals surface area contributed by atoms with Crippen molar-refractivity contribution in [3.05, 3.63) is 64.7 Å². The number of nitrogens with one attached hydrogen (secondary N) is 1. The summed E-state index contributed by atoms with van der Waals surface area (Å²) in [5.41, 5.74) is 3.03. The van der Waals surface area contributed by atoms with E-state index in [0.717, 1.165) is 11.1 Å². The van der Waals surface area contributed by atoms with E-state index in [1.807, 2.05) is 26.0 Å². The fraction of sp³-hybridized carbons (Fsp3) is 0.273. The molecule has 0 bridgehead atoms. The minimum atomic E-state index is -4.15. The SMILES string of the molecule is CCC1=C(c2ccc(OC)cc2)S(=O)(=O)N(CC(=O)Nc2ccc(C)cc2C)C1=O. The molecule has 158 valence electrons. The van der Waals surface area contributed by atoms with Gasteiger partial charge in [-0.1, -0.05) is 24.6 Å². The van der Waals surface area contributed by atoms with E-state index in [9.17, 15) is 18.0 Å². The lowest BCUT2D eigenvalue weighted by molar-refractivity contribution is -0.126. The van der Waals surface area contributed by atoms with Gasteiger partial charge in [-0.2, -0.15) is 0 Å². The van der Waals surface area contributed by atoms with E-state index in [2.05, 4.69) is 5.32 Å². The van der Waals surface area contributed by atoms with Gasteiger partial charge >= 0.3 is 0 Å². The van der Waals surface area contributed by atoms with E-state index in [-0.39, 0.29) is 16.9 Å². The van der Waals surface area contributed by atoms with Crippen molar-refractivity contribution in [3.8, 4) is 5.75 Å². The first-order chi connectivity index (χ1) is 14.2. The molecule has 0 saturated heterocycles. The largest absolute Gasteiger partial charge is 0.497 e. The van der Waals surface area contributed by atoms with E-state index in [1.165, 1.54) is 7.11 Å². The molecule has 3 rings (SSSR count). The summed E-state index contributed by atoms with van der Waals surface area (Å²) in [6.07, 6.45) is 0.231. The Balaban J connectivity index is 1.88. The maximum Gasteiger partial charge on any atom is 0.268 e. The fourth-order valence-corrected chi connectivity index (χ4v) is 5.24. The predicted molar refractivity (Wildman–Crippen MR) is 115 cm³/mol. The Kier molecular flexibility index (Phi) is 5.98. The third-order valence-corrected chi connectivity index (χ3v) is 6.83. The topological polar surface area (TPSA) is 92.8 Å². The summed E-state index contributed by atoms with van der Waals surface area (Å²) >= 11 is 0. The van der Waals surface area contributed by atoms with Gasteiger partial charge in [0.05, 0.1) is 7.11 Å². The van der Waals surface area contributed by atoms with Crippen molar-refractivity contribution < 1.29 is 22.7 Å². The van der Waals surface area contributed by atoms with Crippen LogP contribution in [0.5, 0.6) is 5.75 Å². The van der Waals surface area contributed by atoms with Gasteiger partial charge in [-0.3, -0.25) is 9.59 Å². The maximum absolute atomic E-state index is 13.2. The van der Waals surface area contributed by atoms with Gasteiger partial charge < -0.3 is 10.1 Å². The molecule has 30 heavy (non-hydrogen) atoms. The summed E-state index contributed by atoms with van der Waals surface area (Å²) in [4.78, 5) is 25.3. The number of benzene rings is 2. The van der Waals surface area contributed by atoms with Crippen molar-refractivity contribution in [2.24, 2.45) is 0 Å². The van der Waals surface area contributed by atoms with Gasteiger partial charge in [-0.05, 0) is 61.7 Å². The number of nitrogens with zero attached hydrogens (tertiary/aromatic N) is 1. The average Bonchev–Trinajstić information content (AvgIpc) is 2.90. The number of amides is 2. The highest BCUT2D eigenvalue weighted by molar-refractivity contribution is 7.99. The molecule has 2 aromatic rings. The number of carbonyl (C=O) groups is 2. The maximum atomic E-state index is 13.2. The number of hydrogen-bond donors (Lipinski definition) is 1. The van der Waals surface area contributed by atoms with Crippen LogP contribution in [0.15, 0.2) is 48.0 Å². The Morgan fingerprint density at radius 3 is 2.33 bits per heavy atom. The van der Waals surface area contributed by atoms with Gasteiger partial charge in [0.25, 0.3) is 15.9 Å². The van der Waals surface area contributed by atoms with Crippen LogP contribution in [0.25, 0.3) is 4.91 Å². The lowest BCUT2D eigenvalue weighted by Gasteiger charge is -2.17. The van der Waals surface area contributed by atoms with Crippen molar-refractivity contribution in [3.63, 3.8) is 0 Å². The molecular weight excluding hydrogens is 404 g/mol. The van der Waals surface area contributed by atoms with E-state index in [0.29, 0.717) is 21.3 Å².